The molecule has 9 aromatic carbocycles. The van der Waals surface area contributed by atoms with E-state index in [2.05, 4.69) is 247 Å². The molecular weight excluding hydrogens is 843 g/mol. The highest BCUT2D eigenvalue weighted by Crippen LogP contribution is 2.58. The lowest BCUT2D eigenvalue weighted by molar-refractivity contribution is 0.490. The van der Waals surface area contributed by atoms with Crippen LogP contribution in [0.3, 0.4) is 0 Å². The molecule has 3 aliphatic carbocycles. The predicted molar refractivity (Wildman–Crippen MR) is 298 cm³/mol. The molecule has 0 radical (unpaired) electrons. The molecule has 344 valence electrons. The molecule has 0 saturated carbocycles. The standard InChI is InChI=1S/C69H63N/c1-7-67(8-2)61-26-20-19-25-55(61)56-37-30-48(42-62(56)67)49-31-39-59-60-40-33-51(45-66(60)69(11-5,12-6)65(59)43-49)50-32-38-58-57-36-29-47(41-63(57)68(9-3,10-4)64(58)44-50)46-27-34-54(35-28-46)70(52-21-15-13-16-22-52)53-23-17-14-18-24-53/h13-45H,7-12H2,1-6H3. The molecule has 0 bridgehead atoms. The van der Waals surface area contributed by atoms with Crippen molar-refractivity contribution in [1.29, 1.82) is 0 Å². The van der Waals surface area contributed by atoms with Gasteiger partial charge in [0.15, 0.2) is 0 Å². The van der Waals surface area contributed by atoms with Crippen LogP contribution in [0.15, 0.2) is 200 Å². The molecule has 12 rings (SSSR count). The minimum absolute atomic E-state index is 0.0558. The molecule has 0 N–H and O–H groups in total. The highest BCUT2D eigenvalue weighted by Gasteiger charge is 2.44. The van der Waals surface area contributed by atoms with Crippen molar-refractivity contribution >= 4 is 17.1 Å². The monoisotopic (exact) mass is 905 g/mol. The van der Waals surface area contributed by atoms with Crippen molar-refractivity contribution in [3.05, 3.63) is 234 Å². The molecule has 1 nitrogen and oxygen atoms in total. The lowest BCUT2D eigenvalue weighted by atomic mass is 9.72. The zero-order valence-electron chi connectivity index (χ0n) is 41.7. The molecule has 0 amide bonds. The maximum Gasteiger partial charge on any atom is 0.0462 e. The topological polar surface area (TPSA) is 3.24 Å². The van der Waals surface area contributed by atoms with Crippen LogP contribution < -0.4 is 4.90 Å². The predicted octanol–water partition coefficient (Wildman–Crippen LogP) is 19.4. The molecule has 0 aromatic heterocycles. The van der Waals surface area contributed by atoms with Crippen molar-refractivity contribution < 1.29 is 0 Å². The Bertz CT molecular complexity index is 3400. The number of benzene rings is 9. The summed E-state index contributed by atoms with van der Waals surface area (Å²) >= 11 is 0. The number of fused-ring (bicyclic) bond motifs is 9. The quantitative estimate of drug-likeness (QED) is 0.118. The van der Waals surface area contributed by atoms with Gasteiger partial charge in [0.1, 0.15) is 0 Å². The summed E-state index contributed by atoms with van der Waals surface area (Å²) in [6.07, 6.45) is 6.41. The first-order valence-corrected chi connectivity index (χ1v) is 26.2. The zero-order chi connectivity index (χ0) is 47.8. The van der Waals surface area contributed by atoms with Crippen LogP contribution in [0.2, 0.25) is 0 Å². The van der Waals surface area contributed by atoms with Gasteiger partial charge in [0, 0.05) is 33.3 Å². The van der Waals surface area contributed by atoms with Crippen LogP contribution in [-0.4, -0.2) is 0 Å². The Morgan fingerprint density at radius 3 is 0.843 bits per heavy atom. The van der Waals surface area contributed by atoms with Crippen LogP contribution in [0.5, 0.6) is 0 Å². The number of hydrogen-bond acceptors (Lipinski definition) is 1. The second kappa shape index (κ2) is 17.0. The number of nitrogens with zero attached hydrogens (tertiary/aromatic N) is 1. The van der Waals surface area contributed by atoms with Gasteiger partial charge in [0.2, 0.25) is 0 Å². The summed E-state index contributed by atoms with van der Waals surface area (Å²) in [6, 6.07) is 76.3. The molecule has 0 fully saturated rings. The smallest absolute Gasteiger partial charge is 0.0462 e. The Labute approximate surface area is 416 Å². The van der Waals surface area contributed by atoms with Gasteiger partial charge in [0.25, 0.3) is 0 Å². The second-order valence-corrected chi connectivity index (χ2v) is 20.3. The lowest BCUT2D eigenvalue weighted by Gasteiger charge is -2.31. The molecule has 0 heterocycles. The van der Waals surface area contributed by atoms with Crippen molar-refractivity contribution in [2.75, 3.05) is 4.90 Å². The summed E-state index contributed by atoms with van der Waals surface area (Å²) in [4.78, 5) is 2.33. The first-order valence-electron chi connectivity index (χ1n) is 26.2. The molecule has 0 saturated heterocycles. The van der Waals surface area contributed by atoms with Gasteiger partial charge < -0.3 is 4.90 Å². The third kappa shape index (κ3) is 6.36. The van der Waals surface area contributed by atoms with E-state index in [0.717, 1.165) is 55.6 Å². The third-order valence-corrected chi connectivity index (χ3v) is 17.8. The number of hydrogen-bond donors (Lipinski definition) is 0. The largest absolute Gasteiger partial charge is 0.311 e. The van der Waals surface area contributed by atoms with Gasteiger partial charge in [-0.05, 0) is 205 Å². The van der Waals surface area contributed by atoms with Crippen molar-refractivity contribution in [3.8, 4) is 66.8 Å². The summed E-state index contributed by atoms with van der Waals surface area (Å²) in [7, 11) is 0. The molecule has 0 spiro atoms. The molecule has 3 aliphatic rings. The van der Waals surface area contributed by atoms with Crippen LogP contribution in [0.1, 0.15) is 113 Å². The molecule has 0 atom stereocenters. The minimum atomic E-state index is -0.0672. The van der Waals surface area contributed by atoms with E-state index in [1.807, 2.05) is 0 Å². The Morgan fingerprint density at radius 1 is 0.243 bits per heavy atom. The fourth-order valence-electron chi connectivity index (χ4n) is 13.8. The van der Waals surface area contributed by atoms with E-state index >= 15 is 0 Å². The van der Waals surface area contributed by atoms with E-state index in [4.69, 9.17) is 0 Å². The Hall–Kier alpha value is -7.22. The highest BCUT2D eigenvalue weighted by atomic mass is 15.1. The summed E-state index contributed by atoms with van der Waals surface area (Å²) in [5, 5.41) is 0. The normalized spacial score (nSPS) is 14.8. The van der Waals surface area contributed by atoms with Gasteiger partial charge in [-0.2, -0.15) is 0 Å². The number of anilines is 3. The van der Waals surface area contributed by atoms with Gasteiger partial charge in [-0.25, -0.2) is 0 Å². The summed E-state index contributed by atoms with van der Waals surface area (Å²) in [6.45, 7) is 14.3. The third-order valence-electron chi connectivity index (χ3n) is 17.8. The van der Waals surface area contributed by atoms with Gasteiger partial charge >= 0.3 is 0 Å². The number of rotatable bonds is 12. The first kappa shape index (κ1) is 44.0. The van der Waals surface area contributed by atoms with E-state index in [-0.39, 0.29) is 16.2 Å². The summed E-state index contributed by atoms with van der Waals surface area (Å²) in [5.41, 5.74) is 28.4. The van der Waals surface area contributed by atoms with E-state index in [9.17, 15) is 0 Å². The molecule has 70 heavy (non-hydrogen) atoms. The van der Waals surface area contributed by atoms with E-state index in [0.29, 0.717) is 0 Å². The van der Waals surface area contributed by atoms with Crippen LogP contribution in [-0.2, 0) is 16.2 Å². The van der Waals surface area contributed by atoms with Crippen molar-refractivity contribution in [2.24, 2.45) is 0 Å². The fourth-order valence-corrected chi connectivity index (χ4v) is 13.8. The molecule has 9 aromatic rings. The molecular formula is C69H63N. The van der Waals surface area contributed by atoms with Crippen molar-refractivity contribution in [1.82, 2.24) is 0 Å². The zero-order valence-corrected chi connectivity index (χ0v) is 41.7. The first-order chi connectivity index (χ1) is 34.3. The molecule has 1 heteroatoms. The molecule has 0 aliphatic heterocycles. The van der Waals surface area contributed by atoms with Gasteiger partial charge in [-0.3, -0.25) is 0 Å². The minimum Gasteiger partial charge on any atom is -0.311 e. The Balaban J connectivity index is 0.874. The van der Waals surface area contributed by atoms with Gasteiger partial charge in [0.05, 0.1) is 0 Å². The SMILES string of the molecule is CCC1(CC)c2ccccc2-c2ccc(-c3ccc4c(c3)C(CC)(CC)c3cc(-c5ccc6c(c5)C(CC)(CC)c5cc(-c7ccc(N(c8ccccc8)c8ccccc8)cc7)ccc5-6)ccc3-4)cc21. The fraction of sp³-hybridized carbons (Fsp3) is 0.217. The maximum atomic E-state index is 2.56. The van der Waals surface area contributed by atoms with E-state index < -0.39 is 0 Å². The van der Waals surface area contributed by atoms with Gasteiger partial charge in [-0.1, -0.05) is 175 Å². The van der Waals surface area contributed by atoms with Crippen LogP contribution in [0.4, 0.5) is 17.1 Å². The van der Waals surface area contributed by atoms with E-state index in [1.165, 1.54) is 100 Å². The average molecular weight is 906 g/mol. The van der Waals surface area contributed by atoms with Gasteiger partial charge in [-0.15, -0.1) is 0 Å². The highest BCUT2D eigenvalue weighted by molar-refractivity contribution is 5.90. The van der Waals surface area contributed by atoms with Crippen LogP contribution in [0, 0.1) is 0 Å². The summed E-state index contributed by atoms with van der Waals surface area (Å²) < 4.78 is 0. The van der Waals surface area contributed by atoms with Crippen molar-refractivity contribution in [2.45, 2.75) is 96.3 Å². The molecule has 0 unspecified atom stereocenters. The Kier molecular flexibility index (Phi) is 10.7. The lowest BCUT2D eigenvalue weighted by Crippen LogP contribution is -2.23. The second-order valence-electron chi connectivity index (χ2n) is 20.3. The average Bonchev–Trinajstić information content (AvgIpc) is 3.99. The summed E-state index contributed by atoms with van der Waals surface area (Å²) in [5.74, 6) is 0. The Morgan fingerprint density at radius 2 is 0.500 bits per heavy atom. The van der Waals surface area contributed by atoms with Crippen LogP contribution in [0.25, 0.3) is 66.8 Å². The maximum absolute atomic E-state index is 2.56. The van der Waals surface area contributed by atoms with Crippen LogP contribution >= 0.6 is 0 Å². The van der Waals surface area contributed by atoms with Crippen molar-refractivity contribution in [3.63, 3.8) is 0 Å². The van der Waals surface area contributed by atoms with E-state index in [1.54, 1.807) is 0 Å². The number of para-hydroxylation sites is 2.